The van der Waals surface area contributed by atoms with Gasteiger partial charge in [-0.25, -0.2) is 0 Å². The van der Waals surface area contributed by atoms with Crippen molar-refractivity contribution in [2.45, 2.75) is 97.4 Å². The van der Waals surface area contributed by atoms with E-state index >= 15 is 0 Å². The number of aryl methyl sites for hydroxylation is 1. The van der Waals surface area contributed by atoms with Crippen LogP contribution >= 0.6 is 0 Å². The van der Waals surface area contributed by atoms with Crippen LogP contribution < -0.4 is 5.73 Å². The Balaban J connectivity index is 0.000000581. The summed E-state index contributed by atoms with van der Waals surface area (Å²) in [4.78, 5) is 0. The monoisotopic (exact) mass is 399 g/mol. The molecule has 0 bridgehead atoms. The lowest BCUT2D eigenvalue weighted by Gasteiger charge is -2.03. The molecule has 0 fully saturated rings. The summed E-state index contributed by atoms with van der Waals surface area (Å²) in [7, 11) is 0. The minimum Gasteiger partial charge on any atom is -0.508 e. The normalized spacial score (nSPS) is 9.97. The number of rotatable bonds is 11. The lowest BCUT2D eigenvalue weighted by atomic mass is 10.0. The Hall–Kier alpha value is -1.80. The first-order valence-corrected chi connectivity index (χ1v) is 11.6. The molecule has 164 valence electrons. The first-order valence-electron chi connectivity index (χ1n) is 11.6. The second-order valence-corrected chi connectivity index (χ2v) is 8.00. The highest BCUT2D eigenvalue weighted by Gasteiger charge is 1.94. The van der Waals surface area contributed by atoms with Gasteiger partial charge in [-0.3, -0.25) is 0 Å². The van der Waals surface area contributed by atoms with E-state index in [1.54, 1.807) is 24.3 Å². The standard InChI is InChI=1S/C18H30.C6H6O.C3H9N/c1-2-3-4-5-6-7-8-9-10-12-15-18-16-13-11-14-17-18;7-6-4-2-1-3-5-6;1-3(2)4/h11,13-14,16-17H,2-10,12,15H2,1H3;1-5,7H;3H,4H2,1-2H3. The van der Waals surface area contributed by atoms with Gasteiger partial charge in [0.15, 0.2) is 0 Å². The Bertz CT molecular complexity index is 536. The van der Waals surface area contributed by atoms with Crippen molar-refractivity contribution < 1.29 is 5.11 Å². The van der Waals surface area contributed by atoms with Gasteiger partial charge in [-0.05, 0) is 36.6 Å². The maximum Gasteiger partial charge on any atom is 0.115 e. The molecular formula is C27H45NO. The molecule has 0 radical (unpaired) electrons. The van der Waals surface area contributed by atoms with Crippen LogP contribution in [0.5, 0.6) is 5.75 Å². The molecule has 2 aromatic carbocycles. The predicted octanol–water partition coefficient (Wildman–Crippen LogP) is 7.90. The zero-order valence-electron chi connectivity index (χ0n) is 19.2. The fourth-order valence-electron chi connectivity index (χ4n) is 2.89. The van der Waals surface area contributed by atoms with Crippen molar-refractivity contribution in [3.8, 4) is 5.75 Å². The van der Waals surface area contributed by atoms with Crippen molar-refractivity contribution in [3.63, 3.8) is 0 Å². The van der Waals surface area contributed by atoms with E-state index in [-0.39, 0.29) is 0 Å². The average molecular weight is 400 g/mol. The maximum absolute atomic E-state index is 8.63. The molecule has 2 heteroatoms. The summed E-state index contributed by atoms with van der Waals surface area (Å²) >= 11 is 0. The summed E-state index contributed by atoms with van der Waals surface area (Å²) in [6, 6.07) is 19.9. The van der Waals surface area contributed by atoms with E-state index in [4.69, 9.17) is 10.8 Å². The Kier molecular flexibility index (Phi) is 19.6. The smallest absolute Gasteiger partial charge is 0.115 e. The number of aromatic hydroxyl groups is 1. The van der Waals surface area contributed by atoms with E-state index in [9.17, 15) is 0 Å². The summed E-state index contributed by atoms with van der Waals surface area (Å²) < 4.78 is 0. The van der Waals surface area contributed by atoms with Crippen molar-refractivity contribution in [2.24, 2.45) is 5.73 Å². The molecule has 2 rings (SSSR count). The summed E-state index contributed by atoms with van der Waals surface area (Å²) in [5.74, 6) is 0.322. The molecule has 0 aromatic heterocycles. The fraction of sp³-hybridized carbons (Fsp3) is 0.556. The van der Waals surface area contributed by atoms with E-state index in [2.05, 4.69) is 37.3 Å². The Labute approximate surface area is 180 Å². The fourth-order valence-corrected chi connectivity index (χ4v) is 2.89. The quantitative estimate of drug-likeness (QED) is 0.377. The van der Waals surface area contributed by atoms with Crippen molar-refractivity contribution in [2.75, 3.05) is 0 Å². The summed E-state index contributed by atoms with van der Waals surface area (Å²) in [5, 5.41) is 8.63. The number of phenols is 1. The Morgan fingerprint density at radius 3 is 1.41 bits per heavy atom. The predicted molar refractivity (Wildman–Crippen MR) is 129 cm³/mol. The molecule has 0 aliphatic heterocycles. The van der Waals surface area contributed by atoms with Crippen molar-refractivity contribution in [1.29, 1.82) is 0 Å². The van der Waals surface area contributed by atoms with Crippen LogP contribution in [0.3, 0.4) is 0 Å². The van der Waals surface area contributed by atoms with Gasteiger partial charge in [-0.1, -0.05) is 127 Å². The number of hydrogen-bond acceptors (Lipinski definition) is 2. The van der Waals surface area contributed by atoms with Gasteiger partial charge in [0, 0.05) is 0 Å². The van der Waals surface area contributed by atoms with Crippen LogP contribution in [0.1, 0.15) is 90.5 Å². The van der Waals surface area contributed by atoms with E-state index in [0.717, 1.165) is 0 Å². The average Bonchev–Trinajstić information content (AvgIpc) is 2.71. The Morgan fingerprint density at radius 1 is 0.655 bits per heavy atom. The largest absolute Gasteiger partial charge is 0.508 e. The third-order valence-electron chi connectivity index (χ3n) is 4.42. The van der Waals surface area contributed by atoms with Gasteiger partial charge in [0.1, 0.15) is 5.75 Å². The van der Waals surface area contributed by atoms with Crippen LogP contribution in [-0.2, 0) is 6.42 Å². The van der Waals surface area contributed by atoms with Crippen molar-refractivity contribution >= 4 is 0 Å². The van der Waals surface area contributed by atoms with E-state index < -0.39 is 0 Å². The van der Waals surface area contributed by atoms with Crippen LogP contribution in [0.25, 0.3) is 0 Å². The molecule has 0 amide bonds. The molecule has 0 unspecified atom stereocenters. The second kappa shape index (κ2) is 20.9. The molecule has 0 heterocycles. The second-order valence-electron chi connectivity index (χ2n) is 8.00. The molecule has 29 heavy (non-hydrogen) atoms. The molecule has 0 aliphatic rings. The number of para-hydroxylation sites is 1. The lowest BCUT2D eigenvalue weighted by molar-refractivity contribution is 0.475. The third-order valence-corrected chi connectivity index (χ3v) is 4.42. The Morgan fingerprint density at radius 2 is 1.03 bits per heavy atom. The van der Waals surface area contributed by atoms with E-state index in [1.165, 1.54) is 76.2 Å². The zero-order chi connectivity index (χ0) is 21.6. The summed E-state index contributed by atoms with van der Waals surface area (Å²) in [6.07, 6.45) is 15.5. The van der Waals surface area contributed by atoms with Gasteiger partial charge in [-0.2, -0.15) is 0 Å². The molecule has 0 spiro atoms. The van der Waals surface area contributed by atoms with Crippen molar-refractivity contribution in [3.05, 3.63) is 66.2 Å². The molecule has 2 aromatic rings. The maximum atomic E-state index is 8.63. The van der Waals surface area contributed by atoms with E-state index in [1.807, 2.05) is 19.9 Å². The lowest BCUT2D eigenvalue weighted by Crippen LogP contribution is -2.06. The highest BCUT2D eigenvalue weighted by Crippen LogP contribution is 2.12. The number of unbranched alkanes of at least 4 members (excludes halogenated alkanes) is 9. The van der Waals surface area contributed by atoms with Crippen LogP contribution in [0.2, 0.25) is 0 Å². The van der Waals surface area contributed by atoms with Gasteiger partial charge in [-0.15, -0.1) is 0 Å². The molecule has 0 saturated carbocycles. The van der Waals surface area contributed by atoms with Crippen LogP contribution in [-0.4, -0.2) is 11.1 Å². The molecule has 0 atom stereocenters. The van der Waals surface area contributed by atoms with Crippen LogP contribution in [0, 0.1) is 0 Å². The first-order chi connectivity index (χ1) is 14.1. The zero-order valence-corrected chi connectivity index (χ0v) is 19.2. The highest BCUT2D eigenvalue weighted by molar-refractivity contribution is 5.18. The van der Waals surface area contributed by atoms with Crippen molar-refractivity contribution in [1.82, 2.24) is 0 Å². The van der Waals surface area contributed by atoms with Crippen LogP contribution in [0.4, 0.5) is 0 Å². The molecule has 0 aliphatic carbocycles. The molecule has 2 nitrogen and oxygen atoms in total. The van der Waals surface area contributed by atoms with Gasteiger partial charge < -0.3 is 10.8 Å². The topological polar surface area (TPSA) is 46.2 Å². The van der Waals surface area contributed by atoms with Gasteiger partial charge in [0.05, 0.1) is 0 Å². The van der Waals surface area contributed by atoms with Gasteiger partial charge in [0.2, 0.25) is 0 Å². The molecule has 0 saturated heterocycles. The number of nitrogens with two attached hydrogens (primary N) is 1. The minimum absolute atomic E-state index is 0.322. The molecule has 3 N–H and O–H groups in total. The number of phenolic OH excluding ortho intramolecular Hbond substituents is 1. The third kappa shape index (κ3) is 22.4. The first kappa shape index (κ1) is 27.2. The number of benzene rings is 2. The minimum atomic E-state index is 0.322. The molecular weight excluding hydrogens is 354 g/mol. The van der Waals surface area contributed by atoms with Gasteiger partial charge in [0.25, 0.3) is 0 Å². The summed E-state index contributed by atoms with van der Waals surface area (Å²) in [6.45, 7) is 6.17. The van der Waals surface area contributed by atoms with Crippen LogP contribution in [0.15, 0.2) is 60.7 Å². The SMILES string of the molecule is CC(C)N.CCCCCCCCCCCCc1ccccc1.Oc1ccccc1. The van der Waals surface area contributed by atoms with Gasteiger partial charge >= 0.3 is 0 Å². The van der Waals surface area contributed by atoms with E-state index in [0.29, 0.717) is 11.8 Å². The highest BCUT2D eigenvalue weighted by atomic mass is 16.3. The summed E-state index contributed by atoms with van der Waals surface area (Å²) in [5.41, 5.74) is 6.61. The number of hydrogen-bond donors (Lipinski definition) is 2.